The second-order valence-electron chi connectivity index (χ2n) is 7.43. The minimum absolute atomic E-state index is 0.104. The van der Waals surface area contributed by atoms with Crippen LogP contribution in [0.25, 0.3) is 0 Å². The molecule has 0 spiro atoms. The van der Waals surface area contributed by atoms with E-state index in [1.165, 1.54) is 11.8 Å². The first-order valence-electron chi connectivity index (χ1n) is 10.6. The zero-order chi connectivity index (χ0) is 23.5. The molecule has 8 heteroatoms. The van der Waals surface area contributed by atoms with Gasteiger partial charge in [-0.2, -0.15) is 0 Å². The van der Waals surface area contributed by atoms with Gasteiger partial charge in [-0.15, -0.1) is 11.8 Å². The average Bonchev–Trinajstić information content (AvgIpc) is 2.79. The molecule has 0 bridgehead atoms. The minimum Gasteiger partial charge on any atom is -0.497 e. The summed E-state index contributed by atoms with van der Waals surface area (Å²) in [6.07, 6.45) is 1.89. The Balaban J connectivity index is 2.05. The number of rotatable bonds is 12. The van der Waals surface area contributed by atoms with Gasteiger partial charge in [0.2, 0.25) is 11.8 Å². The molecule has 2 aromatic rings. The Morgan fingerprint density at radius 3 is 2.41 bits per heavy atom. The lowest BCUT2D eigenvalue weighted by Gasteiger charge is -2.29. The van der Waals surface area contributed by atoms with Crippen LogP contribution in [0.3, 0.4) is 0 Å². The molecule has 2 amide bonds. The van der Waals surface area contributed by atoms with Crippen LogP contribution in [-0.4, -0.2) is 42.2 Å². The summed E-state index contributed by atoms with van der Waals surface area (Å²) in [7, 11) is 1.63. The van der Waals surface area contributed by atoms with Gasteiger partial charge in [0, 0.05) is 18.8 Å². The van der Waals surface area contributed by atoms with Crippen LogP contribution in [0.1, 0.15) is 37.8 Å². The number of carbonyl (C=O) groups is 2. The maximum Gasteiger partial charge on any atom is 0.242 e. The first-order valence-corrected chi connectivity index (χ1v) is 12.5. The van der Waals surface area contributed by atoms with Crippen LogP contribution in [0.4, 0.5) is 0 Å². The number of hydrogen-bond acceptors (Lipinski definition) is 4. The molecule has 0 aliphatic carbocycles. The summed E-state index contributed by atoms with van der Waals surface area (Å²) in [5.41, 5.74) is 1.92. The highest BCUT2D eigenvalue weighted by Gasteiger charge is 2.26. The number of carbonyl (C=O) groups excluding carboxylic acids is 2. The van der Waals surface area contributed by atoms with Crippen molar-refractivity contribution < 1.29 is 14.3 Å². The summed E-state index contributed by atoms with van der Waals surface area (Å²) in [5, 5.41) is 3.79. The predicted octanol–water partition coefficient (Wildman–Crippen LogP) is 5.57. The molecule has 0 radical (unpaired) electrons. The molecule has 2 aromatic carbocycles. The smallest absolute Gasteiger partial charge is 0.242 e. The number of thioether (sulfide) groups is 1. The van der Waals surface area contributed by atoms with Crippen molar-refractivity contribution >= 4 is 46.8 Å². The number of benzene rings is 2. The van der Waals surface area contributed by atoms with Crippen molar-refractivity contribution in [1.29, 1.82) is 0 Å². The van der Waals surface area contributed by atoms with Crippen molar-refractivity contribution in [2.45, 2.75) is 45.0 Å². The van der Waals surface area contributed by atoms with Crippen molar-refractivity contribution in [2.75, 3.05) is 19.4 Å². The molecule has 2 rings (SSSR count). The summed E-state index contributed by atoms with van der Waals surface area (Å²) in [4.78, 5) is 27.4. The van der Waals surface area contributed by atoms with E-state index in [-0.39, 0.29) is 24.1 Å². The molecule has 0 fully saturated rings. The lowest BCUT2D eigenvalue weighted by Crippen LogP contribution is -2.48. The Morgan fingerprint density at radius 1 is 1.09 bits per heavy atom. The standard InChI is InChI=1S/C24H30Cl2N2O3S/c1-4-5-12-27-24(30)17(2)28(14-19-8-11-21(25)22(26)13-19)23(29)16-32-15-18-6-9-20(31-3)10-7-18/h6-11,13,17H,4-5,12,14-16H2,1-3H3,(H,27,30)/t17-/m0/s1. The molecule has 0 aliphatic rings. The van der Waals surface area contributed by atoms with Crippen LogP contribution in [0.15, 0.2) is 42.5 Å². The summed E-state index contributed by atoms with van der Waals surface area (Å²) in [6.45, 7) is 4.70. The highest BCUT2D eigenvalue weighted by Crippen LogP contribution is 2.24. The topological polar surface area (TPSA) is 58.6 Å². The lowest BCUT2D eigenvalue weighted by atomic mass is 10.1. The quantitative estimate of drug-likeness (QED) is 0.390. The second kappa shape index (κ2) is 13.6. The Morgan fingerprint density at radius 2 is 1.78 bits per heavy atom. The molecule has 0 saturated carbocycles. The van der Waals surface area contributed by atoms with Gasteiger partial charge < -0.3 is 15.0 Å². The number of hydrogen-bond donors (Lipinski definition) is 1. The molecule has 174 valence electrons. The van der Waals surface area contributed by atoms with E-state index in [1.807, 2.05) is 30.3 Å². The second-order valence-corrected chi connectivity index (χ2v) is 9.23. The molecule has 32 heavy (non-hydrogen) atoms. The van der Waals surface area contributed by atoms with E-state index in [0.29, 0.717) is 22.3 Å². The van der Waals surface area contributed by atoms with E-state index in [1.54, 1.807) is 31.1 Å². The fourth-order valence-electron chi connectivity index (χ4n) is 3.01. The zero-order valence-corrected chi connectivity index (χ0v) is 21.0. The Bertz CT molecular complexity index is 893. The molecule has 5 nitrogen and oxygen atoms in total. The first kappa shape index (κ1) is 26.4. The van der Waals surface area contributed by atoms with Gasteiger partial charge in [0.15, 0.2) is 0 Å². The first-order chi connectivity index (χ1) is 15.3. The molecule has 1 atom stereocenters. The van der Waals surface area contributed by atoms with Gasteiger partial charge in [-0.3, -0.25) is 9.59 Å². The van der Waals surface area contributed by atoms with Crippen LogP contribution in [0.5, 0.6) is 5.75 Å². The summed E-state index contributed by atoms with van der Waals surface area (Å²) >= 11 is 13.7. The van der Waals surface area contributed by atoms with Crippen LogP contribution >= 0.6 is 35.0 Å². The van der Waals surface area contributed by atoms with Crippen molar-refractivity contribution in [3.8, 4) is 5.75 Å². The van der Waals surface area contributed by atoms with E-state index < -0.39 is 6.04 Å². The molecular formula is C24H30Cl2N2O3S. The molecule has 0 aromatic heterocycles. The van der Waals surface area contributed by atoms with E-state index in [0.717, 1.165) is 29.7 Å². The van der Waals surface area contributed by atoms with Crippen LogP contribution in [-0.2, 0) is 21.9 Å². The van der Waals surface area contributed by atoms with Gasteiger partial charge in [-0.05, 0) is 48.7 Å². The molecule has 0 heterocycles. The third kappa shape index (κ3) is 8.23. The third-order valence-electron chi connectivity index (χ3n) is 4.99. The van der Waals surface area contributed by atoms with E-state index in [2.05, 4.69) is 12.2 Å². The monoisotopic (exact) mass is 496 g/mol. The average molecular weight is 497 g/mol. The van der Waals surface area contributed by atoms with Gasteiger partial charge in [-0.1, -0.05) is 54.7 Å². The fourth-order valence-corrected chi connectivity index (χ4v) is 4.21. The molecule has 0 aliphatic heterocycles. The van der Waals surface area contributed by atoms with E-state index >= 15 is 0 Å². The third-order valence-corrected chi connectivity index (χ3v) is 6.71. The van der Waals surface area contributed by atoms with Crippen LogP contribution < -0.4 is 10.1 Å². The Kier molecular flexibility index (Phi) is 11.2. The molecule has 1 N–H and O–H groups in total. The highest BCUT2D eigenvalue weighted by atomic mass is 35.5. The summed E-state index contributed by atoms with van der Waals surface area (Å²) in [6, 6.07) is 12.4. The van der Waals surface area contributed by atoms with Crippen molar-refractivity contribution in [3.63, 3.8) is 0 Å². The van der Waals surface area contributed by atoms with Gasteiger partial charge >= 0.3 is 0 Å². The van der Waals surface area contributed by atoms with Gasteiger partial charge in [0.25, 0.3) is 0 Å². The number of amides is 2. The molecular weight excluding hydrogens is 467 g/mol. The Labute approximate surface area is 204 Å². The zero-order valence-electron chi connectivity index (χ0n) is 18.7. The Hall–Kier alpha value is -1.89. The maximum absolute atomic E-state index is 13.1. The number of ether oxygens (including phenoxy) is 1. The number of methoxy groups -OCH3 is 1. The molecule has 0 saturated heterocycles. The van der Waals surface area contributed by atoms with Crippen molar-refractivity contribution in [1.82, 2.24) is 10.2 Å². The van der Waals surface area contributed by atoms with E-state index in [4.69, 9.17) is 27.9 Å². The number of halogens is 2. The van der Waals surface area contributed by atoms with Crippen LogP contribution in [0, 0.1) is 0 Å². The van der Waals surface area contributed by atoms with Gasteiger partial charge in [0.05, 0.1) is 22.9 Å². The normalized spacial score (nSPS) is 11.7. The number of nitrogens with zero attached hydrogens (tertiary/aromatic N) is 1. The highest BCUT2D eigenvalue weighted by molar-refractivity contribution is 7.99. The van der Waals surface area contributed by atoms with E-state index in [9.17, 15) is 9.59 Å². The van der Waals surface area contributed by atoms with Crippen LogP contribution in [0.2, 0.25) is 10.0 Å². The number of nitrogens with one attached hydrogen (secondary N) is 1. The fraction of sp³-hybridized carbons (Fsp3) is 0.417. The summed E-state index contributed by atoms with van der Waals surface area (Å²) in [5.74, 6) is 1.48. The maximum atomic E-state index is 13.1. The number of unbranched alkanes of at least 4 members (excludes halogenated alkanes) is 1. The minimum atomic E-state index is -0.601. The molecule has 0 unspecified atom stereocenters. The van der Waals surface area contributed by atoms with Crippen molar-refractivity contribution in [2.24, 2.45) is 0 Å². The van der Waals surface area contributed by atoms with Gasteiger partial charge in [0.1, 0.15) is 11.8 Å². The SMILES string of the molecule is CCCCNC(=O)[C@H](C)N(Cc1ccc(Cl)c(Cl)c1)C(=O)CSCc1ccc(OC)cc1. The predicted molar refractivity (Wildman–Crippen MR) is 134 cm³/mol. The summed E-state index contributed by atoms with van der Waals surface area (Å²) < 4.78 is 5.18. The van der Waals surface area contributed by atoms with Gasteiger partial charge in [-0.25, -0.2) is 0 Å². The van der Waals surface area contributed by atoms with Crippen molar-refractivity contribution in [3.05, 3.63) is 63.6 Å². The lowest BCUT2D eigenvalue weighted by molar-refractivity contribution is -0.138. The largest absolute Gasteiger partial charge is 0.497 e.